The van der Waals surface area contributed by atoms with Crippen molar-refractivity contribution in [2.75, 3.05) is 7.05 Å². The molecule has 0 aromatic heterocycles. The van der Waals surface area contributed by atoms with Crippen molar-refractivity contribution >= 4 is 0 Å². The van der Waals surface area contributed by atoms with Crippen molar-refractivity contribution in [1.29, 1.82) is 0 Å². The fourth-order valence-corrected chi connectivity index (χ4v) is 1.87. The van der Waals surface area contributed by atoms with Crippen molar-refractivity contribution in [3.63, 3.8) is 0 Å². The summed E-state index contributed by atoms with van der Waals surface area (Å²) >= 11 is 0. The summed E-state index contributed by atoms with van der Waals surface area (Å²) in [5, 5.41) is 3.19. The Bertz CT molecular complexity index is 322. The molecule has 0 amide bonds. The van der Waals surface area contributed by atoms with E-state index in [0.29, 0.717) is 5.92 Å². The molecule has 0 heterocycles. The summed E-state index contributed by atoms with van der Waals surface area (Å²) in [6.07, 6.45) is 1.04. The molecule has 0 fully saturated rings. The van der Waals surface area contributed by atoms with Gasteiger partial charge < -0.3 is 5.32 Å². The smallest absolute Gasteiger partial charge is 0.128 e. The molecule has 0 saturated carbocycles. The predicted octanol–water partition coefficient (Wildman–Crippen LogP) is 3.44. The third-order valence-corrected chi connectivity index (χ3v) is 3.02. The van der Waals surface area contributed by atoms with Gasteiger partial charge >= 0.3 is 0 Å². The van der Waals surface area contributed by atoms with Gasteiger partial charge in [0.05, 0.1) is 0 Å². The molecule has 1 aromatic rings. The van der Waals surface area contributed by atoms with Gasteiger partial charge in [-0.25, -0.2) is 4.39 Å². The fourth-order valence-electron chi connectivity index (χ4n) is 1.87. The van der Waals surface area contributed by atoms with Gasteiger partial charge in [0, 0.05) is 11.6 Å². The molecule has 0 saturated heterocycles. The van der Waals surface area contributed by atoms with Gasteiger partial charge in [0.25, 0.3) is 0 Å². The Morgan fingerprint density at radius 2 is 2.07 bits per heavy atom. The third-order valence-electron chi connectivity index (χ3n) is 3.02. The second-order valence-corrected chi connectivity index (χ2v) is 4.18. The first-order chi connectivity index (χ1) is 7.10. The zero-order valence-corrected chi connectivity index (χ0v) is 9.97. The van der Waals surface area contributed by atoms with E-state index in [9.17, 15) is 4.39 Å². The van der Waals surface area contributed by atoms with Gasteiger partial charge in [0.2, 0.25) is 0 Å². The number of hydrogen-bond acceptors (Lipinski definition) is 1. The summed E-state index contributed by atoms with van der Waals surface area (Å²) in [6, 6.07) is 5.56. The Hall–Kier alpha value is -0.890. The van der Waals surface area contributed by atoms with Crippen LogP contribution in [0.2, 0.25) is 0 Å². The average Bonchev–Trinajstić information content (AvgIpc) is 2.21. The normalized spacial score (nSPS) is 15.0. The van der Waals surface area contributed by atoms with Gasteiger partial charge in [-0.1, -0.05) is 32.4 Å². The van der Waals surface area contributed by atoms with Crippen LogP contribution in [0, 0.1) is 18.7 Å². The van der Waals surface area contributed by atoms with Crippen molar-refractivity contribution in [3.8, 4) is 0 Å². The SMILES string of the molecule is CCC(C)C(NC)c1ccc(C)cc1F. The number of nitrogens with one attached hydrogen (secondary N) is 1. The topological polar surface area (TPSA) is 12.0 Å². The van der Waals surface area contributed by atoms with Gasteiger partial charge in [0.15, 0.2) is 0 Å². The van der Waals surface area contributed by atoms with Gasteiger partial charge in [-0.2, -0.15) is 0 Å². The molecule has 1 rings (SSSR count). The van der Waals surface area contributed by atoms with Crippen molar-refractivity contribution in [2.24, 2.45) is 5.92 Å². The standard InChI is InChI=1S/C13H20FN/c1-5-10(3)13(15-4)11-7-6-9(2)8-12(11)14/h6-8,10,13,15H,5H2,1-4H3. The number of aryl methyl sites for hydroxylation is 1. The van der Waals surface area contributed by atoms with Crippen LogP contribution in [-0.2, 0) is 0 Å². The highest BCUT2D eigenvalue weighted by Crippen LogP contribution is 2.26. The molecule has 2 atom stereocenters. The summed E-state index contributed by atoms with van der Waals surface area (Å²) in [4.78, 5) is 0. The minimum Gasteiger partial charge on any atom is -0.313 e. The molecule has 0 aliphatic carbocycles. The Morgan fingerprint density at radius 3 is 2.53 bits per heavy atom. The lowest BCUT2D eigenvalue weighted by Gasteiger charge is -2.23. The van der Waals surface area contributed by atoms with E-state index >= 15 is 0 Å². The maximum atomic E-state index is 13.7. The lowest BCUT2D eigenvalue weighted by atomic mass is 9.92. The van der Waals surface area contributed by atoms with Gasteiger partial charge in [-0.05, 0) is 31.5 Å². The first-order valence-corrected chi connectivity index (χ1v) is 5.53. The van der Waals surface area contributed by atoms with Crippen molar-refractivity contribution in [3.05, 3.63) is 35.1 Å². The summed E-state index contributed by atoms with van der Waals surface area (Å²) in [5.74, 6) is 0.335. The van der Waals surface area contributed by atoms with E-state index in [-0.39, 0.29) is 11.9 Å². The van der Waals surface area contributed by atoms with Crippen LogP contribution in [0.15, 0.2) is 18.2 Å². The van der Waals surface area contributed by atoms with Crippen LogP contribution in [0.1, 0.15) is 37.4 Å². The predicted molar refractivity (Wildman–Crippen MR) is 62.4 cm³/mol. The first kappa shape index (κ1) is 12.2. The lowest BCUT2D eigenvalue weighted by Crippen LogP contribution is -2.24. The second kappa shape index (κ2) is 5.26. The minimum atomic E-state index is -0.102. The Balaban J connectivity index is 3.01. The molecular weight excluding hydrogens is 189 g/mol. The zero-order valence-electron chi connectivity index (χ0n) is 9.97. The second-order valence-electron chi connectivity index (χ2n) is 4.18. The molecule has 2 heteroatoms. The molecule has 84 valence electrons. The largest absolute Gasteiger partial charge is 0.313 e. The number of halogens is 1. The van der Waals surface area contributed by atoms with E-state index in [1.54, 1.807) is 6.07 Å². The van der Waals surface area contributed by atoms with E-state index in [1.807, 2.05) is 26.1 Å². The van der Waals surface area contributed by atoms with Crippen LogP contribution < -0.4 is 5.32 Å². The van der Waals surface area contributed by atoms with Crippen LogP contribution in [0.4, 0.5) is 4.39 Å². The summed E-state index contributed by atoms with van der Waals surface area (Å²) in [7, 11) is 1.89. The summed E-state index contributed by atoms with van der Waals surface area (Å²) < 4.78 is 13.7. The van der Waals surface area contributed by atoms with E-state index in [4.69, 9.17) is 0 Å². The monoisotopic (exact) mass is 209 g/mol. The molecule has 1 aromatic carbocycles. The van der Waals surface area contributed by atoms with Crippen molar-refractivity contribution in [1.82, 2.24) is 5.32 Å². The van der Waals surface area contributed by atoms with E-state index in [2.05, 4.69) is 19.2 Å². The zero-order chi connectivity index (χ0) is 11.4. The molecule has 2 unspecified atom stereocenters. The minimum absolute atomic E-state index is 0.102. The number of benzene rings is 1. The molecule has 0 aliphatic heterocycles. The summed E-state index contributed by atoms with van der Waals surface area (Å²) in [6.45, 7) is 6.17. The number of hydrogen-bond donors (Lipinski definition) is 1. The fraction of sp³-hybridized carbons (Fsp3) is 0.538. The van der Waals surface area contributed by atoms with Gasteiger partial charge in [-0.15, -0.1) is 0 Å². The van der Waals surface area contributed by atoms with Gasteiger partial charge in [-0.3, -0.25) is 0 Å². The number of rotatable bonds is 4. The Kier molecular flexibility index (Phi) is 4.28. The molecule has 0 bridgehead atoms. The molecule has 15 heavy (non-hydrogen) atoms. The van der Waals surface area contributed by atoms with Crippen molar-refractivity contribution < 1.29 is 4.39 Å². The van der Waals surface area contributed by atoms with Crippen LogP contribution in [-0.4, -0.2) is 7.05 Å². The van der Waals surface area contributed by atoms with E-state index in [1.165, 1.54) is 0 Å². The molecule has 0 spiro atoms. The van der Waals surface area contributed by atoms with Gasteiger partial charge in [0.1, 0.15) is 5.82 Å². The highest BCUT2D eigenvalue weighted by Gasteiger charge is 2.19. The maximum Gasteiger partial charge on any atom is 0.128 e. The molecule has 0 aliphatic rings. The molecule has 0 radical (unpaired) electrons. The maximum absolute atomic E-state index is 13.7. The average molecular weight is 209 g/mol. The van der Waals surface area contributed by atoms with Crippen molar-refractivity contribution in [2.45, 2.75) is 33.2 Å². The van der Waals surface area contributed by atoms with E-state index in [0.717, 1.165) is 17.5 Å². The van der Waals surface area contributed by atoms with E-state index < -0.39 is 0 Å². The van der Waals surface area contributed by atoms with Crippen LogP contribution in [0.3, 0.4) is 0 Å². The third kappa shape index (κ3) is 2.78. The first-order valence-electron chi connectivity index (χ1n) is 5.53. The quantitative estimate of drug-likeness (QED) is 0.801. The molecule has 1 nitrogen and oxygen atoms in total. The summed E-state index contributed by atoms with van der Waals surface area (Å²) in [5.41, 5.74) is 1.74. The highest BCUT2D eigenvalue weighted by atomic mass is 19.1. The highest BCUT2D eigenvalue weighted by molar-refractivity contribution is 5.26. The Morgan fingerprint density at radius 1 is 1.40 bits per heavy atom. The van der Waals surface area contributed by atoms with Crippen LogP contribution in [0.5, 0.6) is 0 Å². The Labute approximate surface area is 91.7 Å². The molecule has 1 N–H and O–H groups in total. The molecular formula is C13H20FN. The van der Waals surface area contributed by atoms with Crippen LogP contribution >= 0.6 is 0 Å². The lowest BCUT2D eigenvalue weighted by molar-refractivity contribution is 0.387. The van der Waals surface area contributed by atoms with Crippen LogP contribution in [0.25, 0.3) is 0 Å².